The summed E-state index contributed by atoms with van der Waals surface area (Å²) in [6.07, 6.45) is 1.05. The van der Waals surface area contributed by atoms with E-state index in [0.717, 1.165) is 11.1 Å². The van der Waals surface area contributed by atoms with Crippen LogP contribution in [0.3, 0.4) is 0 Å². The maximum absolute atomic E-state index is 13.5. The molecule has 1 fully saturated rings. The van der Waals surface area contributed by atoms with Gasteiger partial charge in [0, 0.05) is 18.3 Å². The fraction of sp³-hybridized carbons (Fsp3) is 0.364. The van der Waals surface area contributed by atoms with Gasteiger partial charge in [-0.05, 0) is 68.5 Å². The zero-order chi connectivity index (χ0) is 22.3. The third kappa shape index (κ3) is 4.15. The number of benzene rings is 2. The summed E-state index contributed by atoms with van der Waals surface area (Å²) in [6, 6.07) is 7.94. The first-order valence-corrected chi connectivity index (χ1v) is 11.6. The minimum atomic E-state index is -3.94. The van der Waals surface area contributed by atoms with Gasteiger partial charge in [-0.2, -0.15) is 4.31 Å². The lowest BCUT2D eigenvalue weighted by molar-refractivity contribution is -0.119. The Morgan fingerprint density at radius 1 is 1.13 bits per heavy atom. The van der Waals surface area contributed by atoms with Crippen molar-refractivity contribution in [2.24, 2.45) is 0 Å². The summed E-state index contributed by atoms with van der Waals surface area (Å²) in [5.74, 6) is -0.324. The van der Waals surface area contributed by atoms with Crippen molar-refractivity contribution < 1.29 is 22.7 Å². The van der Waals surface area contributed by atoms with E-state index in [-0.39, 0.29) is 29.9 Å². The zero-order valence-corrected chi connectivity index (χ0v) is 18.5. The number of hydrogen-bond donors (Lipinski definition) is 2. The van der Waals surface area contributed by atoms with E-state index < -0.39 is 16.1 Å². The van der Waals surface area contributed by atoms with E-state index in [0.29, 0.717) is 35.5 Å². The number of fused-ring (bicyclic) bond motifs is 1. The van der Waals surface area contributed by atoms with Gasteiger partial charge in [-0.25, -0.2) is 8.42 Å². The quantitative estimate of drug-likeness (QED) is 0.756. The van der Waals surface area contributed by atoms with Crippen molar-refractivity contribution in [3.05, 3.63) is 47.0 Å². The number of aryl methyl sites for hydroxylation is 3. The Labute approximate surface area is 181 Å². The molecule has 0 spiro atoms. The van der Waals surface area contributed by atoms with Crippen LogP contribution in [0.2, 0.25) is 0 Å². The number of carbonyl (C=O) groups is 2. The normalized spacial score (nSPS) is 18.8. The van der Waals surface area contributed by atoms with Gasteiger partial charge in [0.05, 0.1) is 10.6 Å². The van der Waals surface area contributed by atoms with Crippen LogP contribution in [0.1, 0.15) is 29.5 Å². The molecule has 0 unspecified atom stereocenters. The molecule has 0 bridgehead atoms. The van der Waals surface area contributed by atoms with Crippen LogP contribution in [0.25, 0.3) is 0 Å². The molecule has 9 heteroatoms. The molecule has 0 saturated carbocycles. The van der Waals surface area contributed by atoms with Crippen LogP contribution in [-0.4, -0.2) is 43.7 Å². The summed E-state index contributed by atoms with van der Waals surface area (Å²) >= 11 is 0. The van der Waals surface area contributed by atoms with Crippen molar-refractivity contribution >= 4 is 33.2 Å². The number of nitrogens with zero attached hydrogens (tertiary/aromatic N) is 1. The minimum Gasteiger partial charge on any atom is -0.482 e. The van der Waals surface area contributed by atoms with Crippen LogP contribution in [-0.2, 0) is 19.6 Å². The largest absolute Gasteiger partial charge is 0.482 e. The first kappa shape index (κ1) is 21.3. The predicted octanol–water partition coefficient (Wildman–Crippen LogP) is 2.73. The second-order valence-electron chi connectivity index (χ2n) is 8.09. The number of carbonyl (C=O) groups excluding carboxylic acids is 2. The number of amides is 2. The SMILES string of the molecule is Cc1cc(C)cc(NC(=O)[C@H]2CCCN2S(=O)(=O)c2cc3c(cc2C)NC(=O)CO3)c1. The van der Waals surface area contributed by atoms with Crippen molar-refractivity contribution in [2.45, 2.75) is 44.6 Å². The number of nitrogens with one attached hydrogen (secondary N) is 2. The monoisotopic (exact) mass is 443 g/mol. The summed E-state index contributed by atoms with van der Waals surface area (Å²) in [5, 5.41) is 5.55. The standard InChI is InChI=1S/C22H25N3O5S/c1-13-7-14(2)9-16(8-13)23-22(27)18-5-4-6-25(18)31(28,29)20-11-19-17(10-15(20)3)24-21(26)12-30-19/h7-11,18H,4-6,12H2,1-3H3,(H,23,27)(H,24,26)/t18-/m1/s1. The van der Waals surface area contributed by atoms with Crippen molar-refractivity contribution in [1.29, 1.82) is 0 Å². The van der Waals surface area contributed by atoms with Gasteiger partial charge >= 0.3 is 0 Å². The van der Waals surface area contributed by atoms with Crippen LogP contribution >= 0.6 is 0 Å². The minimum absolute atomic E-state index is 0.0773. The van der Waals surface area contributed by atoms with Crippen LogP contribution in [0, 0.1) is 20.8 Å². The van der Waals surface area contributed by atoms with Gasteiger partial charge in [0.15, 0.2) is 6.61 Å². The van der Waals surface area contributed by atoms with Gasteiger partial charge in [-0.3, -0.25) is 9.59 Å². The molecule has 1 atom stereocenters. The second-order valence-corrected chi connectivity index (χ2v) is 9.95. The maximum Gasteiger partial charge on any atom is 0.262 e. The third-order valence-corrected chi connectivity index (χ3v) is 7.54. The summed E-state index contributed by atoms with van der Waals surface area (Å²) < 4.78 is 33.6. The molecule has 2 aromatic rings. The maximum atomic E-state index is 13.5. The number of hydrogen-bond acceptors (Lipinski definition) is 5. The molecule has 2 heterocycles. The summed E-state index contributed by atoms with van der Waals surface area (Å²) in [4.78, 5) is 24.6. The van der Waals surface area contributed by atoms with Gasteiger partial charge in [-0.15, -0.1) is 0 Å². The summed E-state index contributed by atoms with van der Waals surface area (Å²) in [5.41, 5.74) is 3.61. The Morgan fingerprint density at radius 3 is 2.55 bits per heavy atom. The van der Waals surface area contributed by atoms with E-state index in [2.05, 4.69) is 10.6 Å². The van der Waals surface area contributed by atoms with Gasteiger partial charge in [-0.1, -0.05) is 6.07 Å². The number of rotatable bonds is 4. The highest BCUT2D eigenvalue weighted by atomic mass is 32.2. The molecule has 8 nitrogen and oxygen atoms in total. The van der Waals surface area contributed by atoms with Crippen molar-refractivity contribution in [1.82, 2.24) is 4.31 Å². The number of sulfonamides is 1. The van der Waals surface area contributed by atoms with Crippen LogP contribution in [0.5, 0.6) is 5.75 Å². The van der Waals surface area contributed by atoms with Crippen LogP contribution < -0.4 is 15.4 Å². The molecular formula is C22H25N3O5S. The predicted molar refractivity (Wildman–Crippen MR) is 117 cm³/mol. The van der Waals surface area contributed by atoms with Crippen molar-refractivity contribution in [2.75, 3.05) is 23.8 Å². The Balaban J connectivity index is 1.62. The highest BCUT2D eigenvalue weighted by Crippen LogP contribution is 2.36. The van der Waals surface area contributed by atoms with E-state index in [1.54, 1.807) is 13.0 Å². The van der Waals surface area contributed by atoms with Crippen molar-refractivity contribution in [3.63, 3.8) is 0 Å². The van der Waals surface area contributed by atoms with E-state index in [9.17, 15) is 18.0 Å². The molecule has 2 amide bonds. The molecule has 2 aliphatic rings. The zero-order valence-electron chi connectivity index (χ0n) is 17.7. The molecule has 31 heavy (non-hydrogen) atoms. The smallest absolute Gasteiger partial charge is 0.262 e. The first-order chi connectivity index (χ1) is 14.6. The molecule has 164 valence electrons. The molecule has 2 aliphatic heterocycles. The van der Waals surface area contributed by atoms with Crippen LogP contribution in [0.15, 0.2) is 35.2 Å². The third-order valence-electron chi connectivity index (χ3n) is 5.49. The molecular weight excluding hydrogens is 418 g/mol. The topological polar surface area (TPSA) is 105 Å². The Morgan fingerprint density at radius 2 is 1.84 bits per heavy atom. The molecule has 1 saturated heterocycles. The lowest BCUT2D eigenvalue weighted by Crippen LogP contribution is -2.43. The Hall–Kier alpha value is -2.91. The van der Waals surface area contributed by atoms with Gasteiger partial charge < -0.3 is 15.4 Å². The molecule has 2 N–H and O–H groups in total. The first-order valence-electron chi connectivity index (χ1n) is 10.1. The summed E-state index contributed by atoms with van der Waals surface area (Å²) in [6.45, 7) is 5.65. The number of ether oxygens (including phenoxy) is 1. The molecule has 0 aromatic heterocycles. The van der Waals surface area contributed by atoms with E-state index >= 15 is 0 Å². The fourth-order valence-corrected chi connectivity index (χ4v) is 6.06. The van der Waals surface area contributed by atoms with Crippen molar-refractivity contribution in [3.8, 4) is 5.75 Å². The lowest BCUT2D eigenvalue weighted by Gasteiger charge is -2.26. The van der Waals surface area contributed by atoms with Gasteiger partial charge in [0.25, 0.3) is 5.91 Å². The van der Waals surface area contributed by atoms with E-state index in [4.69, 9.17) is 4.74 Å². The Kier molecular flexibility index (Phi) is 5.49. The molecule has 0 radical (unpaired) electrons. The molecule has 0 aliphatic carbocycles. The van der Waals surface area contributed by atoms with E-state index in [1.807, 2.05) is 32.0 Å². The molecule has 2 aromatic carbocycles. The average molecular weight is 444 g/mol. The lowest BCUT2D eigenvalue weighted by atomic mass is 10.1. The highest BCUT2D eigenvalue weighted by Gasteiger charge is 2.40. The summed E-state index contributed by atoms with van der Waals surface area (Å²) in [7, 11) is -3.94. The highest BCUT2D eigenvalue weighted by molar-refractivity contribution is 7.89. The number of anilines is 2. The Bertz CT molecular complexity index is 1160. The second kappa shape index (κ2) is 7.97. The fourth-order valence-electron chi connectivity index (χ4n) is 4.18. The van der Waals surface area contributed by atoms with Crippen LogP contribution in [0.4, 0.5) is 11.4 Å². The van der Waals surface area contributed by atoms with Gasteiger partial charge in [0.2, 0.25) is 15.9 Å². The average Bonchev–Trinajstić information content (AvgIpc) is 3.17. The van der Waals surface area contributed by atoms with E-state index in [1.165, 1.54) is 10.4 Å². The molecule has 4 rings (SSSR count). The van der Waals surface area contributed by atoms with Gasteiger partial charge in [0.1, 0.15) is 11.8 Å².